The van der Waals surface area contributed by atoms with E-state index in [1.165, 1.54) is 28.3 Å². The van der Waals surface area contributed by atoms with Crippen molar-refractivity contribution >= 4 is 5.91 Å². The fourth-order valence-electron chi connectivity index (χ4n) is 4.00. The molecule has 162 valence electrons. The molecular formula is C23H22F3N3O2. The van der Waals surface area contributed by atoms with Gasteiger partial charge in [-0.05, 0) is 43.5 Å². The average molecular weight is 429 g/mol. The highest BCUT2D eigenvalue weighted by molar-refractivity contribution is 5.99. The Morgan fingerprint density at radius 1 is 0.903 bits per heavy atom. The highest BCUT2D eigenvalue weighted by atomic mass is 19.4. The maximum Gasteiger partial charge on any atom is 0.416 e. The van der Waals surface area contributed by atoms with Gasteiger partial charge in [0.25, 0.3) is 5.91 Å². The number of carbonyl (C=O) groups is 1. The van der Waals surface area contributed by atoms with Crippen molar-refractivity contribution in [3.8, 4) is 16.9 Å². The number of imidazole rings is 1. The summed E-state index contributed by atoms with van der Waals surface area (Å²) in [5, 5.41) is 0. The second kappa shape index (κ2) is 8.09. The van der Waals surface area contributed by atoms with E-state index in [1.807, 2.05) is 0 Å². The Morgan fingerprint density at radius 3 is 2.10 bits per heavy atom. The molecule has 31 heavy (non-hydrogen) atoms. The highest BCUT2D eigenvalue weighted by Gasteiger charge is 2.32. The van der Waals surface area contributed by atoms with Gasteiger partial charge in [-0.2, -0.15) is 13.2 Å². The van der Waals surface area contributed by atoms with Crippen LogP contribution in [0.25, 0.3) is 16.9 Å². The Labute approximate surface area is 177 Å². The van der Waals surface area contributed by atoms with E-state index < -0.39 is 17.4 Å². The van der Waals surface area contributed by atoms with Crippen molar-refractivity contribution < 1.29 is 18.0 Å². The van der Waals surface area contributed by atoms with Crippen molar-refractivity contribution in [2.45, 2.75) is 25.4 Å². The van der Waals surface area contributed by atoms with Crippen LogP contribution in [0.1, 0.15) is 35.3 Å². The van der Waals surface area contributed by atoms with E-state index in [0.717, 1.165) is 31.4 Å². The third-order valence-corrected chi connectivity index (χ3v) is 5.61. The summed E-state index contributed by atoms with van der Waals surface area (Å²) in [5.41, 5.74) is 0.162. The lowest BCUT2D eigenvalue weighted by atomic mass is 10.0. The van der Waals surface area contributed by atoms with Crippen LogP contribution in [0.2, 0.25) is 0 Å². The SMILES string of the molecule is Cn1c(C(=O)N2CCCCC2)c(-c2ccc(C(F)(F)F)cc2)n(-c2ccccc2)c1=O. The van der Waals surface area contributed by atoms with Gasteiger partial charge in [0.2, 0.25) is 0 Å². The Morgan fingerprint density at radius 2 is 1.52 bits per heavy atom. The molecule has 0 N–H and O–H groups in total. The second-order valence-electron chi connectivity index (χ2n) is 7.64. The van der Waals surface area contributed by atoms with Gasteiger partial charge in [0.15, 0.2) is 0 Å². The maximum atomic E-state index is 13.4. The summed E-state index contributed by atoms with van der Waals surface area (Å²) in [7, 11) is 1.52. The van der Waals surface area contributed by atoms with Crippen LogP contribution in [0.4, 0.5) is 13.2 Å². The Bertz CT molecular complexity index is 1140. The van der Waals surface area contributed by atoms with Crippen LogP contribution in [0.5, 0.6) is 0 Å². The molecule has 0 radical (unpaired) electrons. The van der Waals surface area contributed by atoms with E-state index in [4.69, 9.17) is 0 Å². The Balaban J connectivity index is 1.93. The number of piperidine rings is 1. The molecule has 1 saturated heterocycles. The van der Waals surface area contributed by atoms with Gasteiger partial charge in [-0.3, -0.25) is 13.9 Å². The molecule has 0 unspecified atom stereocenters. The minimum Gasteiger partial charge on any atom is -0.337 e. The first kappa shape index (κ1) is 21.0. The number of alkyl halides is 3. The van der Waals surface area contributed by atoms with E-state index in [0.29, 0.717) is 30.0 Å². The molecule has 1 aliphatic rings. The summed E-state index contributed by atoms with van der Waals surface area (Å²) in [6.07, 6.45) is -1.66. The number of halogens is 3. The largest absolute Gasteiger partial charge is 0.416 e. The molecule has 2 heterocycles. The van der Waals surface area contributed by atoms with Crippen LogP contribution in [0, 0.1) is 0 Å². The molecule has 2 aromatic carbocycles. The van der Waals surface area contributed by atoms with Gasteiger partial charge in [-0.15, -0.1) is 0 Å². The number of benzene rings is 2. The predicted octanol–water partition coefficient (Wildman–Crippen LogP) is 4.49. The van der Waals surface area contributed by atoms with E-state index in [9.17, 15) is 22.8 Å². The van der Waals surface area contributed by atoms with Gasteiger partial charge in [-0.25, -0.2) is 4.79 Å². The van der Waals surface area contributed by atoms with Gasteiger partial charge >= 0.3 is 11.9 Å². The van der Waals surface area contributed by atoms with Crippen molar-refractivity contribution in [3.05, 3.63) is 76.3 Å². The first-order valence-electron chi connectivity index (χ1n) is 10.1. The topological polar surface area (TPSA) is 47.2 Å². The van der Waals surface area contributed by atoms with Crippen LogP contribution in [-0.4, -0.2) is 33.0 Å². The van der Waals surface area contributed by atoms with Gasteiger partial charge in [0.1, 0.15) is 5.69 Å². The highest BCUT2D eigenvalue weighted by Crippen LogP contribution is 2.33. The molecule has 0 aliphatic carbocycles. The maximum absolute atomic E-state index is 13.4. The molecular weight excluding hydrogens is 407 g/mol. The molecule has 0 atom stereocenters. The Hall–Kier alpha value is -3.29. The molecule has 1 fully saturated rings. The van der Waals surface area contributed by atoms with Crippen molar-refractivity contribution in [3.63, 3.8) is 0 Å². The fourth-order valence-corrected chi connectivity index (χ4v) is 4.00. The van der Waals surface area contributed by atoms with Gasteiger partial charge in [0.05, 0.1) is 16.9 Å². The summed E-state index contributed by atoms with van der Waals surface area (Å²) in [6.45, 7) is 1.19. The number of aromatic nitrogens is 2. The zero-order valence-corrected chi connectivity index (χ0v) is 17.0. The van der Waals surface area contributed by atoms with Gasteiger partial charge in [0, 0.05) is 25.7 Å². The minimum atomic E-state index is -4.47. The average Bonchev–Trinajstić information content (AvgIpc) is 3.04. The molecule has 8 heteroatoms. The van der Waals surface area contributed by atoms with Crippen LogP contribution in [-0.2, 0) is 13.2 Å². The summed E-state index contributed by atoms with van der Waals surface area (Å²) >= 11 is 0. The van der Waals surface area contributed by atoms with E-state index >= 15 is 0 Å². The number of hydrogen-bond donors (Lipinski definition) is 0. The lowest BCUT2D eigenvalue weighted by Crippen LogP contribution is -2.37. The first-order chi connectivity index (χ1) is 14.8. The summed E-state index contributed by atoms with van der Waals surface area (Å²) in [5.74, 6) is -0.288. The van der Waals surface area contributed by atoms with Crippen molar-refractivity contribution in [1.82, 2.24) is 14.0 Å². The quantitative estimate of drug-likeness (QED) is 0.616. The van der Waals surface area contributed by atoms with E-state index in [-0.39, 0.29) is 11.6 Å². The molecule has 1 aliphatic heterocycles. The molecule has 0 saturated carbocycles. The predicted molar refractivity (Wildman–Crippen MR) is 111 cm³/mol. The van der Waals surface area contributed by atoms with E-state index in [2.05, 4.69) is 0 Å². The smallest absolute Gasteiger partial charge is 0.337 e. The molecule has 0 spiro atoms. The minimum absolute atomic E-state index is 0.176. The van der Waals surface area contributed by atoms with Crippen molar-refractivity contribution in [1.29, 1.82) is 0 Å². The standard InChI is InChI=1S/C23H22F3N3O2/c1-27-20(21(30)28-14-6-3-7-15-28)19(16-10-12-17(13-11-16)23(24,25)26)29(22(27)31)18-8-4-2-5-9-18/h2,4-5,8-13H,3,6-7,14-15H2,1H3. The summed E-state index contributed by atoms with van der Waals surface area (Å²) in [4.78, 5) is 28.3. The normalized spacial score (nSPS) is 14.6. The molecule has 4 rings (SSSR count). The lowest BCUT2D eigenvalue weighted by molar-refractivity contribution is -0.137. The second-order valence-corrected chi connectivity index (χ2v) is 7.64. The van der Waals surface area contributed by atoms with Crippen LogP contribution < -0.4 is 5.69 Å². The molecule has 5 nitrogen and oxygen atoms in total. The lowest BCUT2D eigenvalue weighted by Gasteiger charge is -2.27. The number of para-hydroxylation sites is 1. The van der Waals surface area contributed by atoms with Gasteiger partial charge < -0.3 is 4.90 Å². The van der Waals surface area contributed by atoms with Gasteiger partial charge in [-0.1, -0.05) is 30.3 Å². The number of rotatable bonds is 3. The Kier molecular flexibility index (Phi) is 5.47. The van der Waals surface area contributed by atoms with E-state index in [1.54, 1.807) is 35.2 Å². The number of hydrogen-bond acceptors (Lipinski definition) is 2. The zero-order valence-electron chi connectivity index (χ0n) is 17.0. The van der Waals surface area contributed by atoms with Crippen molar-refractivity contribution in [2.75, 3.05) is 13.1 Å². The molecule has 3 aromatic rings. The first-order valence-corrected chi connectivity index (χ1v) is 10.1. The number of likely N-dealkylation sites (tertiary alicyclic amines) is 1. The van der Waals surface area contributed by atoms with Crippen LogP contribution in [0.15, 0.2) is 59.4 Å². The molecule has 0 bridgehead atoms. The summed E-state index contributed by atoms with van der Waals surface area (Å²) in [6, 6.07) is 13.3. The number of carbonyl (C=O) groups excluding carboxylic acids is 1. The fraction of sp³-hybridized carbons (Fsp3) is 0.304. The third kappa shape index (κ3) is 3.89. The molecule has 1 amide bonds. The van der Waals surface area contributed by atoms with Crippen LogP contribution >= 0.6 is 0 Å². The van der Waals surface area contributed by atoms with Crippen LogP contribution in [0.3, 0.4) is 0 Å². The number of nitrogens with zero attached hydrogens (tertiary/aromatic N) is 3. The zero-order chi connectivity index (χ0) is 22.2. The third-order valence-electron chi connectivity index (χ3n) is 5.61. The van der Waals surface area contributed by atoms with Crippen molar-refractivity contribution in [2.24, 2.45) is 7.05 Å². The monoisotopic (exact) mass is 429 g/mol. The molecule has 1 aromatic heterocycles. The number of amides is 1. The summed E-state index contributed by atoms with van der Waals surface area (Å²) < 4.78 is 41.9.